The van der Waals surface area contributed by atoms with Gasteiger partial charge < -0.3 is 9.88 Å². The third kappa shape index (κ3) is 3.62. The molecule has 2 fully saturated rings. The van der Waals surface area contributed by atoms with Gasteiger partial charge in [-0.3, -0.25) is 15.6 Å². The number of aromatic nitrogens is 2. The highest BCUT2D eigenvalue weighted by molar-refractivity contribution is 5.98. The van der Waals surface area contributed by atoms with Gasteiger partial charge in [0.2, 0.25) is 0 Å². The molecule has 1 saturated carbocycles. The largest absolute Gasteiger partial charge is 0.341 e. The SMILES string of the molecule is Cn1c(C(=O)NC2(c3cccc(C(C)(C)F)c3)CC2)cc2ccc(C3CNNC3)nc21. The van der Waals surface area contributed by atoms with Crippen molar-refractivity contribution in [3.05, 3.63) is 65.0 Å². The number of hydrogen-bond donors (Lipinski definition) is 3. The van der Waals surface area contributed by atoms with Crippen LogP contribution in [0.5, 0.6) is 0 Å². The Balaban J connectivity index is 1.42. The number of carbonyl (C=O) groups is 1. The van der Waals surface area contributed by atoms with Gasteiger partial charge in [-0.05, 0) is 56.0 Å². The molecule has 3 N–H and O–H groups in total. The Morgan fingerprint density at radius 3 is 2.61 bits per heavy atom. The molecular weight excluding hydrogens is 393 g/mol. The minimum Gasteiger partial charge on any atom is -0.341 e. The number of alkyl halides is 1. The first-order valence-corrected chi connectivity index (χ1v) is 10.8. The third-order valence-corrected chi connectivity index (χ3v) is 6.58. The number of hydrogen-bond acceptors (Lipinski definition) is 4. The molecule has 1 aliphatic heterocycles. The van der Waals surface area contributed by atoms with E-state index in [1.165, 1.54) is 0 Å². The highest BCUT2D eigenvalue weighted by atomic mass is 19.1. The zero-order valence-corrected chi connectivity index (χ0v) is 18.1. The van der Waals surface area contributed by atoms with Gasteiger partial charge in [-0.25, -0.2) is 9.37 Å². The number of nitrogens with zero attached hydrogens (tertiary/aromatic N) is 2. The van der Waals surface area contributed by atoms with Crippen molar-refractivity contribution >= 4 is 16.9 Å². The number of nitrogens with one attached hydrogen (secondary N) is 3. The first-order valence-electron chi connectivity index (χ1n) is 10.8. The molecule has 0 unspecified atom stereocenters. The van der Waals surface area contributed by atoms with Crippen LogP contribution in [0.25, 0.3) is 11.0 Å². The maximum absolute atomic E-state index is 14.4. The molecule has 1 amide bonds. The van der Waals surface area contributed by atoms with Crippen LogP contribution in [-0.4, -0.2) is 28.5 Å². The Morgan fingerprint density at radius 2 is 1.94 bits per heavy atom. The minimum atomic E-state index is -1.42. The molecule has 7 heteroatoms. The van der Waals surface area contributed by atoms with Crippen LogP contribution in [0.1, 0.15) is 59.9 Å². The van der Waals surface area contributed by atoms with Crippen molar-refractivity contribution in [1.82, 2.24) is 25.7 Å². The lowest BCUT2D eigenvalue weighted by Gasteiger charge is -2.21. The highest BCUT2D eigenvalue weighted by Crippen LogP contribution is 2.46. The van der Waals surface area contributed by atoms with Crippen molar-refractivity contribution in [1.29, 1.82) is 0 Å². The zero-order valence-electron chi connectivity index (χ0n) is 18.1. The zero-order chi connectivity index (χ0) is 21.8. The van der Waals surface area contributed by atoms with E-state index < -0.39 is 11.2 Å². The van der Waals surface area contributed by atoms with Crippen LogP contribution in [0.3, 0.4) is 0 Å². The Bertz CT molecular complexity index is 1150. The summed E-state index contributed by atoms with van der Waals surface area (Å²) in [7, 11) is 1.88. The number of benzene rings is 1. The van der Waals surface area contributed by atoms with Gasteiger partial charge in [0.15, 0.2) is 0 Å². The summed E-state index contributed by atoms with van der Waals surface area (Å²) in [5.74, 6) is 0.187. The monoisotopic (exact) mass is 421 g/mol. The molecule has 1 aliphatic carbocycles. The number of rotatable bonds is 5. The summed E-state index contributed by atoms with van der Waals surface area (Å²) in [6.07, 6.45) is 1.70. The van der Waals surface area contributed by atoms with E-state index in [1.54, 1.807) is 19.9 Å². The van der Waals surface area contributed by atoms with Gasteiger partial charge in [-0.2, -0.15) is 0 Å². The molecule has 0 atom stereocenters. The van der Waals surface area contributed by atoms with Gasteiger partial charge >= 0.3 is 0 Å². The number of aryl methyl sites for hydroxylation is 1. The molecule has 5 rings (SSSR count). The molecule has 1 saturated heterocycles. The molecule has 3 heterocycles. The molecule has 0 bridgehead atoms. The van der Waals surface area contributed by atoms with Crippen molar-refractivity contribution in [2.24, 2.45) is 7.05 Å². The number of hydrazine groups is 1. The second kappa shape index (κ2) is 7.14. The summed E-state index contributed by atoms with van der Waals surface area (Å²) in [5.41, 5.74) is 8.42. The maximum Gasteiger partial charge on any atom is 0.268 e. The fraction of sp³-hybridized carbons (Fsp3) is 0.417. The molecule has 1 aromatic carbocycles. The summed E-state index contributed by atoms with van der Waals surface area (Å²) in [5, 5.41) is 4.17. The van der Waals surface area contributed by atoms with Crippen molar-refractivity contribution in [3.63, 3.8) is 0 Å². The lowest BCUT2D eigenvalue weighted by molar-refractivity contribution is 0.0923. The van der Waals surface area contributed by atoms with Crippen molar-refractivity contribution < 1.29 is 9.18 Å². The molecular formula is C24H28FN5O. The fourth-order valence-corrected chi connectivity index (χ4v) is 4.41. The van der Waals surface area contributed by atoms with Crippen LogP contribution in [0.4, 0.5) is 4.39 Å². The van der Waals surface area contributed by atoms with Gasteiger partial charge in [-0.15, -0.1) is 0 Å². The Kier molecular flexibility index (Phi) is 4.64. The number of halogens is 1. The predicted octanol–water partition coefficient (Wildman–Crippen LogP) is 3.39. The third-order valence-electron chi connectivity index (χ3n) is 6.58. The van der Waals surface area contributed by atoms with Gasteiger partial charge in [0.1, 0.15) is 17.0 Å². The molecule has 0 radical (unpaired) electrons. The molecule has 2 aliphatic rings. The van der Waals surface area contributed by atoms with Crippen molar-refractivity contribution in [2.45, 2.75) is 43.8 Å². The smallest absolute Gasteiger partial charge is 0.268 e. The van der Waals surface area contributed by atoms with Gasteiger partial charge in [0.05, 0.1) is 5.54 Å². The molecule has 2 aromatic heterocycles. The van der Waals surface area contributed by atoms with E-state index in [2.05, 4.69) is 16.2 Å². The average molecular weight is 422 g/mol. The fourth-order valence-electron chi connectivity index (χ4n) is 4.41. The van der Waals surface area contributed by atoms with E-state index in [-0.39, 0.29) is 5.91 Å². The molecule has 6 nitrogen and oxygen atoms in total. The first-order chi connectivity index (χ1) is 14.8. The standard InChI is InChI=1S/C24H28FN5O/c1-23(2,25)17-5-4-6-18(12-17)24(9-10-24)29-22(31)20-11-15-7-8-19(16-13-26-27-14-16)28-21(15)30(20)3/h4-8,11-12,16,26-27H,9-10,13-14H2,1-3H3,(H,29,31). The van der Waals surface area contributed by atoms with Gasteiger partial charge in [0, 0.05) is 37.1 Å². The average Bonchev–Trinajstić information content (AvgIpc) is 3.18. The Labute approximate surface area is 181 Å². The molecule has 31 heavy (non-hydrogen) atoms. The van der Waals surface area contributed by atoms with Crippen LogP contribution in [0.2, 0.25) is 0 Å². The summed E-state index contributed by atoms with van der Waals surface area (Å²) >= 11 is 0. The lowest BCUT2D eigenvalue weighted by Crippen LogP contribution is -2.36. The summed E-state index contributed by atoms with van der Waals surface area (Å²) < 4.78 is 16.3. The molecule has 162 valence electrons. The van der Waals surface area contributed by atoms with Crippen LogP contribution >= 0.6 is 0 Å². The van der Waals surface area contributed by atoms with E-state index in [0.29, 0.717) is 17.2 Å². The van der Waals surface area contributed by atoms with E-state index >= 15 is 0 Å². The number of carbonyl (C=O) groups excluding carboxylic acids is 1. The summed E-state index contributed by atoms with van der Waals surface area (Å²) in [6, 6.07) is 13.5. The van der Waals surface area contributed by atoms with Crippen LogP contribution in [-0.2, 0) is 18.3 Å². The molecule has 3 aromatic rings. The normalized spacial score (nSPS) is 18.5. The first kappa shape index (κ1) is 20.2. The van der Waals surface area contributed by atoms with E-state index in [1.807, 2.05) is 48.0 Å². The van der Waals surface area contributed by atoms with Gasteiger partial charge in [-0.1, -0.05) is 24.3 Å². The van der Waals surface area contributed by atoms with E-state index in [0.717, 1.165) is 48.2 Å². The minimum absolute atomic E-state index is 0.131. The Hall–Kier alpha value is -2.77. The van der Waals surface area contributed by atoms with E-state index in [9.17, 15) is 9.18 Å². The maximum atomic E-state index is 14.4. The van der Waals surface area contributed by atoms with Crippen LogP contribution < -0.4 is 16.2 Å². The highest BCUT2D eigenvalue weighted by Gasteiger charge is 2.46. The summed E-state index contributed by atoms with van der Waals surface area (Å²) in [4.78, 5) is 18.1. The van der Waals surface area contributed by atoms with Crippen LogP contribution in [0, 0.1) is 0 Å². The Morgan fingerprint density at radius 1 is 1.19 bits per heavy atom. The topological polar surface area (TPSA) is 71.0 Å². The second-order valence-corrected chi connectivity index (χ2v) is 9.29. The van der Waals surface area contributed by atoms with Crippen LogP contribution in [0.15, 0.2) is 42.5 Å². The quantitative estimate of drug-likeness (QED) is 0.591. The van der Waals surface area contributed by atoms with Crippen molar-refractivity contribution in [3.8, 4) is 0 Å². The van der Waals surface area contributed by atoms with E-state index in [4.69, 9.17) is 4.98 Å². The summed E-state index contributed by atoms with van der Waals surface area (Å²) in [6.45, 7) is 4.79. The molecule has 0 spiro atoms. The number of pyridine rings is 1. The number of fused-ring (bicyclic) bond motifs is 1. The number of amides is 1. The van der Waals surface area contributed by atoms with Crippen molar-refractivity contribution in [2.75, 3.05) is 13.1 Å². The van der Waals surface area contributed by atoms with Gasteiger partial charge in [0.25, 0.3) is 5.91 Å². The lowest BCUT2D eigenvalue weighted by atomic mass is 9.94. The predicted molar refractivity (Wildman–Crippen MR) is 118 cm³/mol. The second-order valence-electron chi connectivity index (χ2n) is 9.29.